The molecule has 2 N–H and O–H groups in total. The van der Waals surface area contributed by atoms with Crippen LogP contribution in [0.3, 0.4) is 0 Å². The van der Waals surface area contributed by atoms with E-state index in [4.69, 9.17) is 4.74 Å². The molecule has 2 heterocycles. The lowest BCUT2D eigenvalue weighted by Gasteiger charge is -2.18. The van der Waals surface area contributed by atoms with Crippen molar-refractivity contribution in [1.29, 1.82) is 0 Å². The summed E-state index contributed by atoms with van der Waals surface area (Å²) in [6.45, 7) is 1.88. The van der Waals surface area contributed by atoms with Gasteiger partial charge in [0, 0.05) is 17.3 Å². The number of carbonyl (C=O) groups excluding carboxylic acids is 1. The number of nitrogens with one attached hydrogen (secondary N) is 1. The minimum Gasteiger partial charge on any atom is -0.439 e. The average molecular weight is 413 g/mol. The van der Waals surface area contributed by atoms with Crippen LogP contribution in [0, 0.1) is 0 Å². The monoisotopic (exact) mass is 413 g/mol. The number of aliphatic hydroxyl groups is 1. The Bertz CT molecular complexity index is 1210. The van der Waals surface area contributed by atoms with Gasteiger partial charge in [0.2, 0.25) is 11.7 Å². The molecule has 156 valence electrons. The van der Waals surface area contributed by atoms with Gasteiger partial charge in [0.15, 0.2) is 5.82 Å². The maximum Gasteiger partial charge on any atom is 0.228 e. The van der Waals surface area contributed by atoms with Crippen molar-refractivity contribution in [2.75, 3.05) is 0 Å². The number of nitrogens with zero attached hydrogens (tertiary/aromatic N) is 2. The quantitative estimate of drug-likeness (QED) is 0.450. The predicted octanol–water partition coefficient (Wildman–Crippen LogP) is 5.00. The van der Waals surface area contributed by atoms with Gasteiger partial charge in [0.25, 0.3) is 0 Å². The van der Waals surface area contributed by atoms with Gasteiger partial charge in [-0.25, -0.2) is 9.97 Å². The molecule has 1 aliphatic rings. The third-order valence-electron chi connectivity index (χ3n) is 5.89. The summed E-state index contributed by atoms with van der Waals surface area (Å²) >= 11 is 0. The molecule has 1 saturated carbocycles. The van der Waals surface area contributed by atoms with Gasteiger partial charge < -0.3 is 14.8 Å². The average Bonchev–Trinajstić information content (AvgIpc) is 3.37. The van der Waals surface area contributed by atoms with E-state index in [0.717, 1.165) is 29.4 Å². The van der Waals surface area contributed by atoms with E-state index in [0.29, 0.717) is 29.4 Å². The largest absolute Gasteiger partial charge is 0.439 e. The van der Waals surface area contributed by atoms with E-state index in [2.05, 4.69) is 15.0 Å². The SMILES string of the molecule is C[C@]1(O)CC[C@H](c2cccnc2Oc2ccc(C(=O)c3nc4ccccc4[nH]3)cc2)C1. The fraction of sp³-hybridized carbons (Fsp3) is 0.240. The summed E-state index contributed by atoms with van der Waals surface area (Å²) in [5, 5.41) is 10.3. The highest BCUT2D eigenvalue weighted by molar-refractivity contribution is 6.08. The van der Waals surface area contributed by atoms with Gasteiger partial charge in [0.1, 0.15) is 5.75 Å². The minimum atomic E-state index is -0.642. The molecule has 6 heteroatoms. The van der Waals surface area contributed by atoms with Crippen molar-refractivity contribution in [3.63, 3.8) is 0 Å². The van der Waals surface area contributed by atoms with Crippen molar-refractivity contribution < 1.29 is 14.6 Å². The van der Waals surface area contributed by atoms with Gasteiger partial charge in [-0.3, -0.25) is 4.79 Å². The Labute approximate surface area is 179 Å². The summed E-state index contributed by atoms with van der Waals surface area (Å²) < 4.78 is 6.05. The molecular formula is C25H23N3O3. The lowest BCUT2D eigenvalue weighted by molar-refractivity contribution is 0.0664. The molecule has 2 atom stereocenters. The smallest absolute Gasteiger partial charge is 0.228 e. The summed E-state index contributed by atoms with van der Waals surface area (Å²) in [6.07, 6.45) is 4.07. The number of ketones is 1. The number of para-hydroxylation sites is 2. The fourth-order valence-corrected chi connectivity index (χ4v) is 4.27. The summed E-state index contributed by atoms with van der Waals surface area (Å²) in [6, 6.07) is 18.4. The van der Waals surface area contributed by atoms with Gasteiger partial charge in [-0.1, -0.05) is 18.2 Å². The number of aromatic nitrogens is 3. The van der Waals surface area contributed by atoms with Crippen LogP contribution >= 0.6 is 0 Å². The number of benzene rings is 2. The van der Waals surface area contributed by atoms with Crippen LogP contribution in [0.1, 0.15) is 53.8 Å². The standard InChI is InChI=1S/C25H23N3O3/c1-25(30)13-12-17(15-25)19-5-4-14-26-24(19)31-18-10-8-16(9-11-18)22(29)23-27-20-6-2-3-7-21(20)28-23/h2-11,14,17,30H,12-13,15H2,1H3,(H,27,28)/t17-,25-/m0/s1. The number of hydrogen-bond donors (Lipinski definition) is 2. The molecule has 0 bridgehead atoms. The molecule has 6 nitrogen and oxygen atoms in total. The van der Waals surface area contributed by atoms with Crippen molar-refractivity contribution in [3.8, 4) is 11.6 Å². The van der Waals surface area contributed by atoms with Crippen molar-refractivity contribution in [1.82, 2.24) is 15.0 Å². The zero-order valence-electron chi connectivity index (χ0n) is 17.2. The first-order valence-electron chi connectivity index (χ1n) is 10.4. The summed E-state index contributed by atoms with van der Waals surface area (Å²) in [5.41, 5.74) is 2.48. The molecule has 5 rings (SSSR count). The number of H-pyrrole nitrogens is 1. The molecule has 0 saturated heterocycles. The Hall–Kier alpha value is -3.51. The normalized spacial score (nSPS) is 20.8. The lowest BCUT2D eigenvalue weighted by Crippen LogP contribution is -2.18. The van der Waals surface area contributed by atoms with Crippen LogP contribution < -0.4 is 4.74 Å². The number of hydrogen-bond acceptors (Lipinski definition) is 5. The van der Waals surface area contributed by atoms with Gasteiger partial charge in [-0.05, 0) is 74.6 Å². The molecule has 1 fully saturated rings. The number of carbonyl (C=O) groups is 1. The van der Waals surface area contributed by atoms with Crippen molar-refractivity contribution >= 4 is 16.8 Å². The molecule has 2 aromatic heterocycles. The number of aromatic amines is 1. The van der Waals surface area contributed by atoms with Crippen LogP contribution in [-0.4, -0.2) is 31.4 Å². The zero-order chi connectivity index (χ0) is 21.4. The van der Waals surface area contributed by atoms with E-state index in [1.165, 1.54) is 0 Å². The van der Waals surface area contributed by atoms with Crippen LogP contribution in [0.25, 0.3) is 11.0 Å². The molecule has 31 heavy (non-hydrogen) atoms. The highest BCUT2D eigenvalue weighted by Gasteiger charge is 2.35. The molecule has 0 aliphatic heterocycles. The molecule has 0 radical (unpaired) electrons. The van der Waals surface area contributed by atoms with E-state index in [9.17, 15) is 9.90 Å². The Morgan fingerprint density at radius 1 is 1.13 bits per heavy atom. The highest BCUT2D eigenvalue weighted by atomic mass is 16.5. The third kappa shape index (κ3) is 3.94. The van der Waals surface area contributed by atoms with Crippen LogP contribution in [0.2, 0.25) is 0 Å². The molecule has 1 aliphatic carbocycles. The van der Waals surface area contributed by atoms with Gasteiger partial charge >= 0.3 is 0 Å². The molecule has 0 amide bonds. The highest BCUT2D eigenvalue weighted by Crippen LogP contribution is 2.43. The van der Waals surface area contributed by atoms with Crippen LogP contribution in [-0.2, 0) is 0 Å². The minimum absolute atomic E-state index is 0.172. The van der Waals surface area contributed by atoms with Crippen LogP contribution in [0.5, 0.6) is 11.6 Å². The number of pyridine rings is 1. The first-order valence-corrected chi connectivity index (χ1v) is 10.4. The number of imidazole rings is 1. The Balaban J connectivity index is 1.35. The van der Waals surface area contributed by atoms with E-state index < -0.39 is 5.60 Å². The van der Waals surface area contributed by atoms with Gasteiger partial charge in [-0.15, -0.1) is 0 Å². The summed E-state index contributed by atoms with van der Waals surface area (Å²) in [5.74, 6) is 1.50. The van der Waals surface area contributed by atoms with Crippen molar-refractivity contribution in [2.24, 2.45) is 0 Å². The molecular weight excluding hydrogens is 390 g/mol. The van der Waals surface area contributed by atoms with Gasteiger partial charge in [0.05, 0.1) is 16.6 Å². The van der Waals surface area contributed by atoms with Crippen LogP contribution in [0.4, 0.5) is 0 Å². The van der Waals surface area contributed by atoms with Crippen LogP contribution in [0.15, 0.2) is 66.9 Å². The second kappa shape index (κ2) is 7.63. The van der Waals surface area contributed by atoms with E-state index in [1.807, 2.05) is 43.3 Å². The maximum atomic E-state index is 12.8. The lowest BCUT2D eigenvalue weighted by atomic mass is 9.96. The van der Waals surface area contributed by atoms with Crippen molar-refractivity contribution in [3.05, 3.63) is 83.8 Å². The predicted molar refractivity (Wildman–Crippen MR) is 117 cm³/mol. The molecule has 4 aromatic rings. The molecule has 0 spiro atoms. The van der Waals surface area contributed by atoms with E-state index in [1.54, 1.807) is 30.5 Å². The third-order valence-corrected chi connectivity index (χ3v) is 5.89. The fourth-order valence-electron chi connectivity index (χ4n) is 4.27. The Morgan fingerprint density at radius 2 is 1.94 bits per heavy atom. The molecule has 0 unspecified atom stereocenters. The molecule has 2 aromatic carbocycles. The Kier molecular flexibility index (Phi) is 4.79. The first kappa shape index (κ1) is 19.5. The first-order chi connectivity index (χ1) is 15.0. The topological polar surface area (TPSA) is 88.1 Å². The van der Waals surface area contributed by atoms with E-state index >= 15 is 0 Å². The zero-order valence-corrected chi connectivity index (χ0v) is 17.2. The van der Waals surface area contributed by atoms with E-state index in [-0.39, 0.29) is 11.7 Å². The second-order valence-corrected chi connectivity index (χ2v) is 8.39. The summed E-state index contributed by atoms with van der Waals surface area (Å²) in [4.78, 5) is 24.7. The number of ether oxygens (including phenoxy) is 1. The number of fused-ring (bicyclic) bond motifs is 1. The maximum absolute atomic E-state index is 12.8. The van der Waals surface area contributed by atoms with Gasteiger partial charge in [-0.2, -0.15) is 0 Å². The van der Waals surface area contributed by atoms with Crippen molar-refractivity contribution in [2.45, 2.75) is 37.7 Å². The summed E-state index contributed by atoms with van der Waals surface area (Å²) in [7, 11) is 0. The second-order valence-electron chi connectivity index (χ2n) is 8.39. The number of rotatable bonds is 5. The Morgan fingerprint density at radius 3 is 2.68 bits per heavy atom.